The van der Waals surface area contributed by atoms with Crippen LogP contribution in [0.3, 0.4) is 0 Å². The van der Waals surface area contributed by atoms with Crippen LogP contribution in [-0.2, 0) is 15.6 Å². The first-order valence-corrected chi connectivity index (χ1v) is 11.8. The maximum atomic E-state index is 14.8. The molecule has 2 unspecified atom stereocenters. The van der Waals surface area contributed by atoms with Gasteiger partial charge in [-0.2, -0.15) is 4.72 Å². The second-order valence-electron chi connectivity index (χ2n) is 8.28. The number of nitrogens with one attached hydrogen (secondary N) is 2. The van der Waals surface area contributed by atoms with Gasteiger partial charge in [0.1, 0.15) is 17.5 Å². The molecule has 0 aliphatic rings. The van der Waals surface area contributed by atoms with Gasteiger partial charge >= 0.3 is 5.76 Å². The van der Waals surface area contributed by atoms with Gasteiger partial charge in [-0.25, -0.2) is 27.7 Å². The van der Waals surface area contributed by atoms with Crippen LogP contribution in [0, 0.1) is 19.7 Å². The summed E-state index contributed by atoms with van der Waals surface area (Å²) in [6.45, 7) is 7.93. The molecule has 2 heterocycles. The van der Waals surface area contributed by atoms with Gasteiger partial charge < -0.3 is 9.52 Å². The van der Waals surface area contributed by atoms with Crippen molar-refractivity contribution in [3.63, 3.8) is 0 Å². The largest absolute Gasteiger partial charge is 0.434 e. The van der Waals surface area contributed by atoms with E-state index in [9.17, 15) is 22.7 Å². The van der Waals surface area contributed by atoms with E-state index in [4.69, 9.17) is 16.0 Å². The fraction of sp³-hybridized carbons (Fsp3) is 0.381. The molecule has 0 radical (unpaired) electrons. The summed E-state index contributed by atoms with van der Waals surface area (Å²) >= 11 is 6.07. The summed E-state index contributed by atoms with van der Waals surface area (Å²) in [7, 11) is -4.36. The molecule has 0 aliphatic heterocycles. The molecule has 2 aromatic heterocycles. The van der Waals surface area contributed by atoms with Crippen LogP contribution in [0.25, 0.3) is 0 Å². The smallest absolute Gasteiger partial charge is 0.391 e. The lowest BCUT2D eigenvalue weighted by molar-refractivity contribution is 0.0733. The Bertz CT molecular complexity index is 1350. The van der Waals surface area contributed by atoms with E-state index in [0.29, 0.717) is 5.56 Å². The number of aromatic nitrogens is 3. The van der Waals surface area contributed by atoms with Crippen molar-refractivity contribution in [3.8, 4) is 0 Å². The Labute approximate surface area is 195 Å². The Hall–Kier alpha value is -2.60. The first kappa shape index (κ1) is 25.0. The second kappa shape index (κ2) is 8.98. The molecule has 0 aliphatic carbocycles. The van der Waals surface area contributed by atoms with Gasteiger partial charge in [-0.05, 0) is 62.6 Å². The Morgan fingerprint density at radius 1 is 1.24 bits per heavy atom. The van der Waals surface area contributed by atoms with Crippen LogP contribution in [0.2, 0.25) is 5.02 Å². The highest BCUT2D eigenvalue weighted by Gasteiger charge is 2.34. The van der Waals surface area contributed by atoms with Gasteiger partial charge in [-0.1, -0.05) is 24.6 Å². The Morgan fingerprint density at radius 2 is 1.91 bits per heavy atom. The first-order valence-electron chi connectivity index (χ1n) is 9.95. The zero-order valence-corrected chi connectivity index (χ0v) is 20.2. The van der Waals surface area contributed by atoms with E-state index in [0.717, 1.165) is 5.56 Å². The molecular formula is C21H24ClFN4O5S. The van der Waals surface area contributed by atoms with Gasteiger partial charge in [0.2, 0.25) is 5.89 Å². The van der Waals surface area contributed by atoms with E-state index < -0.39 is 44.2 Å². The van der Waals surface area contributed by atoms with Crippen LogP contribution in [0.4, 0.5) is 4.39 Å². The van der Waals surface area contributed by atoms with Gasteiger partial charge in [0.25, 0.3) is 10.0 Å². The molecule has 0 saturated carbocycles. The molecule has 12 heteroatoms. The second-order valence-corrected chi connectivity index (χ2v) is 10.3. The number of aromatic amines is 1. The standard InChI is InChI=1S/C21H24ClFN4O5S/c1-10-6-8-14(23)16(11(10)2)12(3)17(19-25-26-20(28)32-19)27-33(30,31)15-9-7-13(22)18(24-15)21(4,5)29/h6-9,12,17,27,29H,1-5H3,(H,26,28). The van der Waals surface area contributed by atoms with E-state index in [2.05, 4.69) is 19.9 Å². The van der Waals surface area contributed by atoms with Crippen molar-refractivity contribution in [1.29, 1.82) is 0 Å². The lowest BCUT2D eigenvalue weighted by Gasteiger charge is -2.25. The number of aryl methyl sites for hydroxylation is 1. The molecule has 0 saturated heterocycles. The number of sulfonamides is 1. The number of H-pyrrole nitrogens is 1. The van der Waals surface area contributed by atoms with Gasteiger partial charge in [0.15, 0.2) is 5.03 Å². The summed E-state index contributed by atoms with van der Waals surface area (Å²) in [5.74, 6) is -2.53. The molecule has 3 N–H and O–H groups in total. The normalized spacial score (nSPS) is 14.3. The minimum absolute atomic E-state index is 0.0384. The van der Waals surface area contributed by atoms with Crippen LogP contribution >= 0.6 is 11.6 Å². The number of hydrogen-bond acceptors (Lipinski definition) is 7. The molecule has 0 fully saturated rings. The Balaban J connectivity index is 2.11. The Kier molecular flexibility index (Phi) is 6.81. The first-order chi connectivity index (χ1) is 15.2. The van der Waals surface area contributed by atoms with Crippen LogP contribution in [0.15, 0.2) is 38.5 Å². The van der Waals surface area contributed by atoms with Gasteiger partial charge in [0.05, 0.1) is 10.7 Å². The van der Waals surface area contributed by atoms with E-state index in [-0.39, 0.29) is 22.2 Å². The lowest BCUT2D eigenvalue weighted by atomic mass is 9.88. The highest BCUT2D eigenvalue weighted by atomic mass is 35.5. The van der Waals surface area contributed by atoms with Gasteiger partial charge in [-0.15, -0.1) is 5.10 Å². The zero-order valence-electron chi connectivity index (χ0n) is 18.6. The molecule has 2 atom stereocenters. The van der Waals surface area contributed by atoms with Crippen molar-refractivity contribution in [2.75, 3.05) is 0 Å². The summed E-state index contributed by atoms with van der Waals surface area (Å²) < 4.78 is 48.7. The molecule has 0 spiro atoms. The summed E-state index contributed by atoms with van der Waals surface area (Å²) in [4.78, 5) is 15.6. The average Bonchev–Trinajstić information content (AvgIpc) is 3.14. The number of rotatable bonds is 7. The molecule has 33 heavy (non-hydrogen) atoms. The number of nitrogens with zero attached hydrogens (tertiary/aromatic N) is 2. The minimum Gasteiger partial charge on any atom is -0.391 e. The topological polar surface area (TPSA) is 138 Å². The molecule has 3 aromatic rings. The highest BCUT2D eigenvalue weighted by molar-refractivity contribution is 7.89. The van der Waals surface area contributed by atoms with Crippen molar-refractivity contribution in [1.82, 2.24) is 19.9 Å². The molecule has 1 aromatic carbocycles. The third kappa shape index (κ3) is 5.16. The van der Waals surface area contributed by atoms with Gasteiger partial charge in [0, 0.05) is 5.92 Å². The Morgan fingerprint density at radius 3 is 2.48 bits per heavy atom. The number of pyridine rings is 1. The third-order valence-electron chi connectivity index (χ3n) is 5.37. The summed E-state index contributed by atoms with van der Waals surface area (Å²) in [6, 6.07) is 4.11. The van der Waals surface area contributed by atoms with Crippen molar-refractivity contribution in [2.24, 2.45) is 0 Å². The molecule has 178 valence electrons. The van der Waals surface area contributed by atoms with Crippen LogP contribution in [0.5, 0.6) is 0 Å². The zero-order chi connectivity index (χ0) is 24.7. The van der Waals surface area contributed by atoms with Crippen molar-refractivity contribution in [3.05, 3.63) is 73.9 Å². The van der Waals surface area contributed by atoms with Crippen LogP contribution in [-0.4, -0.2) is 28.7 Å². The van der Waals surface area contributed by atoms with Crippen molar-refractivity contribution in [2.45, 2.75) is 57.2 Å². The molecule has 9 nitrogen and oxygen atoms in total. The SMILES string of the molecule is Cc1ccc(F)c(C(C)C(NS(=O)(=O)c2ccc(Cl)c(C(C)(C)O)n2)c2n[nH]c(=O)o2)c1C. The van der Waals surface area contributed by atoms with E-state index in [1.165, 1.54) is 32.0 Å². The molecule has 0 amide bonds. The predicted octanol–water partition coefficient (Wildman–Crippen LogP) is 3.22. The fourth-order valence-electron chi connectivity index (χ4n) is 3.50. The average molecular weight is 499 g/mol. The van der Waals surface area contributed by atoms with E-state index in [1.54, 1.807) is 26.8 Å². The van der Waals surface area contributed by atoms with Gasteiger partial charge in [-0.3, -0.25) is 0 Å². The highest BCUT2D eigenvalue weighted by Crippen LogP contribution is 2.35. The lowest BCUT2D eigenvalue weighted by Crippen LogP contribution is -2.34. The number of halogens is 2. The summed E-state index contributed by atoms with van der Waals surface area (Å²) in [6.07, 6.45) is 0. The quantitative estimate of drug-likeness (QED) is 0.454. The molecular weight excluding hydrogens is 475 g/mol. The third-order valence-corrected chi connectivity index (χ3v) is 7.01. The maximum Gasteiger partial charge on any atom is 0.434 e. The minimum atomic E-state index is -4.36. The summed E-state index contributed by atoms with van der Waals surface area (Å²) in [5.41, 5.74) is 0.126. The van der Waals surface area contributed by atoms with Crippen molar-refractivity contribution < 1.29 is 22.3 Å². The predicted molar refractivity (Wildman–Crippen MR) is 119 cm³/mol. The van der Waals surface area contributed by atoms with Crippen molar-refractivity contribution >= 4 is 21.6 Å². The summed E-state index contributed by atoms with van der Waals surface area (Å²) in [5, 5.41) is 15.8. The number of benzene rings is 1. The molecule has 3 rings (SSSR count). The fourth-order valence-corrected chi connectivity index (χ4v) is 5.06. The van der Waals surface area contributed by atoms with E-state index in [1.807, 2.05) is 0 Å². The number of hydrogen-bond donors (Lipinski definition) is 3. The number of aliphatic hydroxyl groups is 1. The van der Waals surface area contributed by atoms with E-state index >= 15 is 0 Å². The monoisotopic (exact) mass is 498 g/mol. The molecule has 0 bridgehead atoms. The van der Waals surface area contributed by atoms with Crippen LogP contribution < -0.4 is 10.5 Å². The maximum absolute atomic E-state index is 14.8. The van der Waals surface area contributed by atoms with Crippen LogP contribution in [0.1, 0.15) is 61.0 Å².